The van der Waals surface area contributed by atoms with Crippen molar-refractivity contribution in [1.29, 1.82) is 0 Å². The number of halogens is 1. The van der Waals surface area contributed by atoms with E-state index >= 15 is 0 Å². The van der Waals surface area contributed by atoms with Gasteiger partial charge in [0.1, 0.15) is 11.6 Å². The first kappa shape index (κ1) is 19.6. The Morgan fingerprint density at radius 2 is 1.83 bits per heavy atom. The van der Waals surface area contributed by atoms with E-state index in [0.29, 0.717) is 17.5 Å². The molecule has 0 bridgehead atoms. The molecule has 2 heterocycles. The molecule has 1 fully saturated rings. The van der Waals surface area contributed by atoms with Crippen LogP contribution in [0.4, 0.5) is 4.39 Å². The lowest BCUT2D eigenvalue weighted by atomic mass is 9.95. The fraction of sp³-hybridized carbons (Fsp3) is 0.174. The number of benzene rings is 2. The van der Waals surface area contributed by atoms with Gasteiger partial charge in [-0.2, -0.15) is 0 Å². The summed E-state index contributed by atoms with van der Waals surface area (Å²) in [5.41, 5.74) is 2.81. The first-order valence-corrected chi connectivity index (χ1v) is 9.54. The summed E-state index contributed by atoms with van der Waals surface area (Å²) in [6, 6.07) is 11.8. The van der Waals surface area contributed by atoms with E-state index in [1.54, 1.807) is 18.3 Å². The largest absolute Gasteiger partial charge is 0.507 e. The third-order valence-electron chi connectivity index (χ3n) is 5.23. The molecule has 0 unspecified atom stereocenters. The molecule has 1 aliphatic heterocycles. The van der Waals surface area contributed by atoms with Gasteiger partial charge in [0.25, 0.3) is 11.7 Å². The monoisotopic (exact) mass is 405 g/mol. The minimum absolute atomic E-state index is 0.0000666. The number of hydrogen-bond acceptors (Lipinski definition) is 4. The smallest absolute Gasteiger partial charge is 0.295 e. The van der Waals surface area contributed by atoms with Crippen LogP contribution in [0.1, 0.15) is 28.4 Å². The van der Waals surface area contributed by atoms with Crippen molar-refractivity contribution >= 4 is 17.4 Å². The number of aromatic amines is 1. The summed E-state index contributed by atoms with van der Waals surface area (Å²) in [6.45, 7) is 2.15. The van der Waals surface area contributed by atoms with E-state index in [1.807, 2.05) is 19.1 Å². The van der Waals surface area contributed by atoms with Crippen LogP contribution < -0.4 is 0 Å². The number of imidazole rings is 1. The summed E-state index contributed by atoms with van der Waals surface area (Å²) in [6.07, 6.45) is 3.64. The number of nitrogens with one attached hydrogen (secondary N) is 1. The van der Waals surface area contributed by atoms with E-state index in [4.69, 9.17) is 0 Å². The second kappa shape index (κ2) is 7.94. The van der Waals surface area contributed by atoms with Crippen molar-refractivity contribution in [2.45, 2.75) is 19.4 Å². The minimum atomic E-state index is -0.810. The van der Waals surface area contributed by atoms with Gasteiger partial charge >= 0.3 is 0 Å². The van der Waals surface area contributed by atoms with Crippen molar-refractivity contribution in [3.05, 3.63) is 94.8 Å². The van der Waals surface area contributed by atoms with E-state index in [-0.39, 0.29) is 17.9 Å². The predicted octanol–water partition coefficient (Wildman–Crippen LogP) is 3.52. The summed E-state index contributed by atoms with van der Waals surface area (Å²) in [5, 5.41) is 10.9. The number of aliphatic hydroxyl groups excluding tert-OH is 1. The highest BCUT2D eigenvalue weighted by atomic mass is 19.1. The second-order valence-corrected chi connectivity index (χ2v) is 7.24. The second-order valence-electron chi connectivity index (χ2n) is 7.24. The Morgan fingerprint density at radius 1 is 1.13 bits per heavy atom. The third-order valence-corrected chi connectivity index (χ3v) is 5.23. The van der Waals surface area contributed by atoms with E-state index in [0.717, 1.165) is 11.3 Å². The maximum absolute atomic E-state index is 13.5. The average Bonchev–Trinajstić information content (AvgIpc) is 3.34. The van der Waals surface area contributed by atoms with Crippen LogP contribution in [0.3, 0.4) is 0 Å². The van der Waals surface area contributed by atoms with Gasteiger partial charge in [-0.1, -0.05) is 42.0 Å². The number of rotatable bonds is 5. The van der Waals surface area contributed by atoms with Crippen LogP contribution in [0.15, 0.2) is 66.6 Å². The third kappa shape index (κ3) is 3.61. The highest BCUT2D eigenvalue weighted by Gasteiger charge is 2.45. The van der Waals surface area contributed by atoms with Gasteiger partial charge < -0.3 is 15.0 Å². The van der Waals surface area contributed by atoms with Gasteiger partial charge in [-0.15, -0.1) is 0 Å². The summed E-state index contributed by atoms with van der Waals surface area (Å²) < 4.78 is 13.5. The Kier molecular flexibility index (Phi) is 5.18. The standard InChI is InChI=1S/C23H20FN3O3/c1-14-2-4-16(5-3-14)21(28)19-20(15-6-8-17(24)9-7-15)27(23(30)22(19)29)11-10-18-12-25-13-26-18/h2-9,12-13,20,28H,10-11H2,1H3,(H,25,26)/t20-/m0/s1. The lowest BCUT2D eigenvalue weighted by Crippen LogP contribution is -2.31. The van der Waals surface area contributed by atoms with Crippen molar-refractivity contribution in [3.63, 3.8) is 0 Å². The molecule has 30 heavy (non-hydrogen) atoms. The highest BCUT2D eigenvalue weighted by molar-refractivity contribution is 6.46. The Hall–Kier alpha value is -3.74. The van der Waals surface area contributed by atoms with Crippen LogP contribution in [0.2, 0.25) is 0 Å². The number of nitrogens with zero attached hydrogens (tertiary/aromatic N) is 2. The number of likely N-dealkylation sites (tertiary alicyclic amines) is 1. The predicted molar refractivity (Wildman–Crippen MR) is 109 cm³/mol. The zero-order valence-corrected chi connectivity index (χ0v) is 16.3. The highest BCUT2D eigenvalue weighted by Crippen LogP contribution is 2.39. The molecule has 1 amide bonds. The number of aliphatic hydroxyl groups is 1. The number of ketones is 1. The number of H-pyrrole nitrogens is 1. The maximum Gasteiger partial charge on any atom is 0.295 e. The Labute approximate surface area is 172 Å². The van der Waals surface area contributed by atoms with Crippen molar-refractivity contribution in [2.24, 2.45) is 0 Å². The molecular weight excluding hydrogens is 385 g/mol. The molecule has 7 heteroatoms. The van der Waals surface area contributed by atoms with Crippen LogP contribution in [0.5, 0.6) is 0 Å². The van der Waals surface area contributed by atoms with Gasteiger partial charge in [0.05, 0.1) is 17.9 Å². The molecule has 1 aliphatic rings. The van der Waals surface area contributed by atoms with Gasteiger partial charge in [0.2, 0.25) is 0 Å². The molecule has 0 radical (unpaired) electrons. The average molecular weight is 405 g/mol. The van der Waals surface area contributed by atoms with Crippen LogP contribution in [-0.2, 0) is 16.0 Å². The molecule has 2 N–H and O–H groups in total. The topological polar surface area (TPSA) is 86.3 Å². The summed E-state index contributed by atoms with van der Waals surface area (Å²) in [5.74, 6) is -2.12. The zero-order chi connectivity index (χ0) is 21.3. The van der Waals surface area contributed by atoms with Crippen LogP contribution in [0.25, 0.3) is 5.76 Å². The van der Waals surface area contributed by atoms with E-state index in [1.165, 1.54) is 35.5 Å². The first-order valence-electron chi connectivity index (χ1n) is 9.54. The van der Waals surface area contributed by atoms with Gasteiger partial charge in [0.15, 0.2) is 0 Å². The van der Waals surface area contributed by atoms with Crippen molar-refractivity contribution in [2.75, 3.05) is 6.54 Å². The molecule has 2 aromatic carbocycles. The SMILES string of the molecule is Cc1ccc(C(O)=C2C(=O)C(=O)N(CCc3cnc[nH]3)[C@H]2c2ccc(F)cc2)cc1. The molecule has 0 aliphatic carbocycles. The van der Waals surface area contributed by atoms with Crippen molar-refractivity contribution in [1.82, 2.24) is 14.9 Å². The number of Topliss-reactive ketones (excluding diaryl/α,β-unsaturated/α-hetero) is 1. The minimum Gasteiger partial charge on any atom is -0.507 e. The van der Waals surface area contributed by atoms with Gasteiger partial charge in [-0.25, -0.2) is 9.37 Å². The number of aromatic nitrogens is 2. The molecule has 4 rings (SSSR count). The number of carbonyl (C=O) groups excluding carboxylic acids is 2. The van der Waals surface area contributed by atoms with Crippen LogP contribution in [-0.4, -0.2) is 38.2 Å². The molecule has 1 saturated heterocycles. The molecule has 1 atom stereocenters. The molecular formula is C23H20FN3O3. The van der Waals surface area contributed by atoms with Crippen LogP contribution >= 0.6 is 0 Å². The Bertz CT molecular complexity index is 1100. The molecule has 152 valence electrons. The fourth-order valence-electron chi connectivity index (χ4n) is 3.63. The van der Waals surface area contributed by atoms with Gasteiger partial charge in [0, 0.05) is 30.4 Å². The number of amides is 1. The fourth-order valence-corrected chi connectivity index (χ4v) is 3.63. The van der Waals surface area contributed by atoms with Crippen molar-refractivity contribution < 1.29 is 19.1 Å². The Balaban J connectivity index is 1.79. The zero-order valence-electron chi connectivity index (χ0n) is 16.3. The summed E-state index contributed by atoms with van der Waals surface area (Å²) in [7, 11) is 0. The van der Waals surface area contributed by atoms with Gasteiger partial charge in [-0.05, 0) is 24.6 Å². The molecule has 0 saturated carbocycles. The van der Waals surface area contributed by atoms with E-state index in [2.05, 4.69) is 9.97 Å². The molecule has 1 aromatic heterocycles. The number of carbonyl (C=O) groups is 2. The van der Waals surface area contributed by atoms with Gasteiger partial charge in [-0.3, -0.25) is 9.59 Å². The lowest BCUT2D eigenvalue weighted by molar-refractivity contribution is -0.139. The first-order chi connectivity index (χ1) is 14.5. The van der Waals surface area contributed by atoms with E-state index in [9.17, 15) is 19.1 Å². The summed E-state index contributed by atoms with van der Waals surface area (Å²) >= 11 is 0. The Morgan fingerprint density at radius 3 is 2.47 bits per heavy atom. The molecule has 3 aromatic rings. The van der Waals surface area contributed by atoms with E-state index < -0.39 is 23.5 Å². The molecule has 6 nitrogen and oxygen atoms in total. The van der Waals surface area contributed by atoms with Crippen LogP contribution in [0, 0.1) is 12.7 Å². The lowest BCUT2D eigenvalue weighted by Gasteiger charge is -2.25. The normalized spacial score (nSPS) is 18.2. The summed E-state index contributed by atoms with van der Waals surface area (Å²) in [4.78, 5) is 34.1. The number of hydrogen-bond donors (Lipinski definition) is 2. The number of aryl methyl sites for hydroxylation is 1. The van der Waals surface area contributed by atoms with Crippen molar-refractivity contribution in [3.8, 4) is 0 Å². The maximum atomic E-state index is 13.5. The quantitative estimate of drug-likeness (QED) is 0.386. The molecule has 0 spiro atoms.